The number of nitrogens with zero attached hydrogens (tertiary/aromatic N) is 2. The molecular formula is C19H14N2O3. The molecule has 2 aromatic carbocycles. The predicted octanol–water partition coefficient (Wildman–Crippen LogP) is 3.24. The number of cyclic esters (lactones) is 1. The Balaban J connectivity index is 1.82. The molecule has 0 amide bonds. The molecule has 0 N–H and O–H groups in total. The second-order valence-electron chi connectivity index (χ2n) is 5.22. The number of benzene rings is 2. The Hall–Kier alpha value is -3.39. The Morgan fingerprint density at radius 3 is 2.75 bits per heavy atom. The van der Waals surface area contributed by atoms with Crippen LogP contribution < -0.4 is 4.74 Å². The molecule has 0 aromatic heterocycles. The topological polar surface area (TPSA) is 71.7 Å². The van der Waals surface area contributed by atoms with Crippen molar-refractivity contribution in [3.63, 3.8) is 0 Å². The van der Waals surface area contributed by atoms with Crippen LogP contribution in [0.4, 0.5) is 0 Å². The Morgan fingerprint density at radius 2 is 2.04 bits per heavy atom. The fourth-order valence-electron chi connectivity index (χ4n) is 2.24. The molecule has 5 heteroatoms. The van der Waals surface area contributed by atoms with Crippen LogP contribution in [0.25, 0.3) is 6.08 Å². The van der Waals surface area contributed by atoms with E-state index in [1.807, 2.05) is 37.3 Å². The smallest absolute Gasteiger partial charge is 0.363 e. The van der Waals surface area contributed by atoms with Crippen molar-refractivity contribution >= 4 is 17.9 Å². The number of hydrogen-bond donors (Lipinski definition) is 0. The Bertz CT molecular complexity index is 874. The molecular weight excluding hydrogens is 304 g/mol. The second kappa shape index (κ2) is 6.80. The summed E-state index contributed by atoms with van der Waals surface area (Å²) in [6.07, 6.45) is 1.65. The fraction of sp³-hybridized carbons (Fsp3) is 0.105. The summed E-state index contributed by atoms with van der Waals surface area (Å²) in [5, 5.41) is 8.49. The molecule has 3 rings (SSSR count). The van der Waals surface area contributed by atoms with Crippen LogP contribution in [0.1, 0.15) is 16.7 Å². The number of aliphatic imine (C=N–C) groups is 1. The minimum absolute atomic E-state index is 0.00307. The van der Waals surface area contributed by atoms with Crippen molar-refractivity contribution in [1.82, 2.24) is 0 Å². The molecule has 0 spiro atoms. The molecule has 0 saturated carbocycles. The highest BCUT2D eigenvalue weighted by atomic mass is 16.6. The number of esters is 1. The van der Waals surface area contributed by atoms with Crippen molar-refractivity contribution in [3.8, 4) is 11.8 Å². The summed E-state index contributed by atoms with van der Waals surface area (Å²) >= 11 is 0. The number of rotatable bonds is 4. The summed E-state index contributed by atoms with van der Waals surface area (Å²) in [4.78, 5) is 16.3. The lowest BCUT2D eigenvalue weighted by Crippen LogP contribution is -2.05. The average Bonchev–Trinajstić information content (AvgIpc) is 2.95. The van der Waals surface area contributed by atoms with Gasteiger partial charge in [0.05, 0.1) is 0 Å². The monoisotopic (exact) mass is 318 g/mol. The molecule has 1 heterocycles. The molecule has 5 nitrogen and oxygen atoms in total. The Labute approximate surface area is 139 Å². The van der Waals surface area contributed by atoms with Gasteiger partial charge in [0.15, 0.2) is 12.3 Å². The summed E-state index contributed by atoms with van der Waals surface area (Å²) in [5.74, 6) is 0.428. The molecule has 0 fully saturated rings. The number of hydrogen-bond acceptors (Lipinski definition) is 5. The predicted molar refractivity (Wildman–Crippen MR) is 89.3 cm³/mol. The first-order valence-corrected chi connectivity index (χ1v) is 7.35. The highest BCUT2D eigenvalue weighted by molar-refractivity contribution is 6.12. The molecule has 2 aromatic rings. The third-order valence-electron chi connectivity index (χ3n) is 3.37. The van der Waals surface area contributed by atoms with E-state index >= 15 is 0 Å². The lowest BCUT2D eigenvalue weighted by atomic mass is 10.1. The van der Waals surface area contributed by atoms with Crippen LogP contribution in [-0.2, 0) is 9.53 Å². The van der Waals surface area contributed by atoms with Gasteiger partial charge in [0.2, 0.25) is 5.90 Å². The van der Waals surface area contributed by atoms with E-state index in [9.17, 15) is 4.79 Å². The second-order valence-corrected chi connectivity index (χ2v) is 5.22. The van der Waals surface area contributed by atoms with Crippen molar-refractivity contribution in [3.05, 3.63) is 70.9 Å². The van der Waals surface area contributed by atoms with Crippen LogP contribution >= 0.6 is 0 Å². The Morgan fingerprint density at radius 1 is 1.25 bits per heavy atom. The zero-order chi connectivity index (χ0) is 16.9. The maximum atomic E-state index is 12.0. The first kappa shape index (κ1) is 15.5. The van der Waals surface area contributed by atoms with Gasteiger partial charge in [0.1, 0.15) is 11.8 Å². The van der Waals surface area contributed by atoms with Gasteiger partial charge in [-0.3, -0.25) is 0 Å². The van der Waals surface area contributed by atoms with Crippen molar-refractivity contribution in [1.29, 1.82) is 5.26 Å². The third-order valence-corrected chi connectivity index (χ3v) is 3.37. The zero-order valence-corrected chi connectivity index (χ0v) is 13.0. The van der Waals surface area contributed by atoms with Crippen LogP contribution in [-0.4, -0.2) is 18.5 Å². The van der Waals surface area contributed by atoms with Gasteiger partial charge in [-0.25, -0.2) is 9.79 Å². The molecule has 0 unspecified atom stereocenters. The lowest BCUT2D eigenvalue weighted by molar-refractivity contribution is -0.129. The zero-order valence-electron chi connectivity index (χ0n) is 13.0. The summed E-state index contributed by atoms with van der Waals surface area (Å²) in [6, 6.07) is 16.6. The minimum Gasteiger partial charge on any atom is -0.479 e. The van der Waals surface area contributed by atoms with E-state index in [-0.39, 0.29) is 12.3 Å². The number of aryl methyl sites for hydroxylation is 1. The van der Waals surface area contributed by atoms with E-state index < -0.39 is 5.97 Å². The first-order chi connectivity index (χ1) is 11.7. The van der Waals surface area contributed by atoms with Crippen LogP contribution in [0.3, 0.4) is 0 Å². The van der Waals surface area contributed by atoms with Crippen molar-refractivity contribution in [2.24, 2.45) is 4.99 Å². The number of carbonyl (C=O) groups excluding carboxylic acids is 1. The normalized spacial score (nSPS) is 14.9. The van der Waals surface area contributed by atoms with Crippen LogP contribution in [0, 0.1) is 18.3 Å². The SMILES string of the molecule is Cc1cccc(C2=N/C(=C\c3ccc(OCC#N)cc3)C(=O)O2)c1. The standard InChI is InChI=1S/C19H14N2O3/c1-13-3-2-4-15(11-13)18-21-17(19(22)24-18)12-14-5-7-16(8-6-14)23-10-9-20/h2-8,11-12H,10H2,1H3/b17-12-. The van der Waals surface area contributed by atoms with Gasteiger partial charge in [0.25, 0.3) is 0 Å². The Kier molecular flexibility index (Phi) is 4.39. The summed E-state index contributed by atoms with van der Waals surface area (Å²) in [5.41, 5.74) is 2.88. The third kappa shape index (κ3) is 3.50. The largest absolute Gasteiger partial charge is 0.479 e. The van der Waals surface area contributed by atoms with E-state index in [4.69, 9.17) is 14.7 Å². The lowest BCUT2D eigenvalue weighted by Gasteiger charge is -2.01. The molecule has 0 atom stereocenters. The van der Waals surface area contributed by atoms with E-state index in [0.29, 0.717) is 11.6 Å². The van der Waals surface area contributed by atoms with Gasteiger partial charge in [-0.15, -0.1) is 0 Å². The van der Waals surface area contributed by atoms with Crippen molar-refractivity contribution in [2.45, 2.75) is 6.92 Å². The van der Waals surface area contributed by atoms with E-state index in [2.05, 4.69) is 4.99 Å². The number of ether oxygens (including phenoxy) is 2. The van der Waals surface area contributed by atoms with Crippen LogP contribution in [0.2, 0.25) is 0 Å². The molecule has 118 valence electrons. The van der Waals surface area contributed by atoms with Gasteiger partial charge >= 0.3 is 5.97 Å². The van der Waals surface area contributed by atoms with Crippen molar-refractivity contribution in [2.75, 3.05) is 6.61 Å². The molecule has 1 aliphatic heterocycles. The van der Waals surface area contributed by atoms with E-state index in [0.717, 1.165) is 16.7 Å². The molecule has 0 radical (unpaired) electrons. The first-order valence-electron chi connectivity index (χ1n) is 7.35. The molecule has 0 saturated heterocycles. The van der Waals surface area contributed by atoms with Gasteiger partial charge in [0, 0.05) is 5.56 Å². The van der Waals surface area contributed by atoms with Gasteiger partial charge in [-0.1, -0.05) is 29.8 Å². The average molecular weight is 318 g/mol. The highest BCUT2D eigenvalue weighted by Crippen LogP contribution is 2.21. The van der Waals surface area contributed by atoms with Crippen molar-refractivity contribution < 1.29 is 14.3 Å². The van der Waals surface area contributed by atoms with E-state index in [1.54, 1.807) is 30.3 Å². The number of carbonyl (C=O) groups is 1. The molecule has 0 aliphatic carbocycles. The highest BCUT2D eigenvalue weighted by Gasteiger charge is 2.24. The molecule has 24 heavy (non-hydrogen) atoms. The van der Waals surface area contributed by atoms with Crippen LogP contribution in [0.15, 0.2) is 59.2 Å². The van der Waals surface area contributed by atoms with Gasteiger partial charge < -0.3 is 9.47 Å². The number of nitriles is 1. The van der Waals surface area contributed by atoms with Crippen LogP contribution in [0.5, 0.6) is 5.75 Å². The van der Waals surface area contributed by atoms with Gasteiger partial charge in [-0.2, -0.15) is 5.26 Å². The maximum absolute atomic E-state index is 12.0. The fourth-order valence-corrected chi connectivity index (χ4v) is 2.24. The maximum Gasteiger partial charge on any atom is 0.363 e. The summed E-state index contributed by atoms with van der Waals surface area (Å²) < 4.78 is 10.4. The minimum atomic E-state index is -0.476. The molecule has 1 aliphatic rings. The summed E-state index contributed by atoms with van der Waals surface area (Å²) in [7, 11) is 0. The van der Waals surface area contributed by atoms with Gasteiger partial charge in [-0.05, 0) is 42.8 Å². The summed E-state index contributed by atoms with van der Waals surface area (Å²) in [6.45, 7) is 1.96. The quantitative estimate of drug-likeness (QED) is 0.641. The molecule has 0 bridgehead atoms. The van der Waals surface area contributed by atoms with E-state index in [1.165, 1.54) is 0 Å².